The van der Waals surface area contributed by atoms with Gasteiger partial charge in [0.1, 0.15) is 5.82 Å². The first kappa shape index (κ1) is 20.5. The van der Waals surface area contributed by atoms with Gasteiger partial charge in [-0.2, -0.15) is 0 Å². The fourth-order valence-electron chi connectivity index (χ4n) is 3.43. The minimum Gasteiger partial charge on any atom is -0.352 e. The monoisotopic (exact) mass is 404 g/mol. The standard InChI is InChI=1S/C21H25FN2O3S/c1-16-3-2-4-18(13-16)14-23-21(25)19-9-11-24(12-10-19)28(26,27)15-17-5-7-20(22)8-6-17/h2-8,13,19H,9-12,14-15H2,1H3,(H,23,25). The second-order valence-corrected chi connectivity index (χ2v) is 9.23. The molecule has 0 unspecified atom stereocenters. The molecule has 0 spiro atoms. The van der Waals surface area contributed by atoms with Gasteiger partial charge in [0, 0.05) is 25.6 Å². The van der Waals surface area contributed by atoms with Crippen molar-refractivity contribution < 1.29 is 17.6 Å². The zero-order valence-corrected chi connectivity index (χ0v) is 16.7. The molecule has 1 aliphatic rings. The van der Waals surface area contributed by atoms with Crippen molar-refractivity contribution in [2.75, 3.05) is 13.1 Å². The highest BCUT2D eigenvalue weighted by molar-refractivity contribution is 7.88. The zero-order valence-electron chi connectivity index (χ0n) is 15.9. The van der Waals surface area contributed by atoms with Crippen LogP contribution in [0.25, 0.3) is 0 Å². The molecule has 3 rings (SSSR count). The third-order valence-corrected chi connectivity index (χ3v) is 6.88. The number of amides is 1. The lowest BCUT2D eigenvalue weighted by molar-refractivity contribution is -0.126. The molecule has 0 aromatic heterocycles. The fraction of sp³-hybridized carbons (Fsp3) is 0.381. The van der Waals surface area contributed by atoms with Crippen molar-refractivity contribution in [1.82, 2.24) is 9.62 Å². The van der Waals surface area contributed by atoms with E-state index < -0.39 is 15.8 Å². The van der Waals surface area contributed by atoms with Gasteiger partial charge in [0.2, 0.25) is 15.9 Å². The molecule has 0 saturated carbocycles. The van der Waals surface area contributed by atoms with Crippen LogP contribution in [0.4, 0.5) is 4.39 Å². The van der Waals surface area contributed by atoms with Crippen LogP contribution < -0.4 is 5.32 Å². The lowest BCUT2D eigenvalue weighted by Gasteiger charge is -2.30. The van der Waals surface area contributed by atoms with Crippen LogP contribution in [0, 0.1) is 18.7 Å². The van der Waals surface area contributed by atoms with Gasteiger partial charge in [0.05, 0.1) is 5.75 Å². The molecular weight excluding hydrogens is 379 g/mol. The highest BCUT2D eigenvalue weighted by atomic mass is 32.2. The Hall–Kier alpha value is -2.25. The Morgan fingerprint density at radius 3 is 2.43 bits per heavy atom. The third-order valence-electron chi connectivity index (χ3n) is 5.03. The van der Waals surface area contributed by atoms with E-state index in [1.807, 2.05) is 31.2 Å². The summed E-state index contributed by atoms with van der Waals surface area (Å²) in [5.41, 5.74) is 2.75. The summed E-state index contributed by atoms with van der Waals surface area (Å²) in [7, 11) is -3.48. The molecule has 1 amide bonds. The summed E-state index contributed by atoms with van der Waals surface area (Å²) in [5, 5.41) is 2.95. The van der Waals surface area contributed by atoms with Gasteiger partial charge in [-0.3, -0.25) is 4.79 Å². The maximum absolute atomic E-state index is 13.0. The molecule has 28 heavy (non-hydrogen) atoms. The molecule has 1 N–H and O–H groups in total. The quantitative estimate of drug-likeness (QED) is 0.805. The number of hydrogen-bond acceptors (Lipinski definition) is 3. The van der Waals surface area contributed by atoms with Crippen LogP contribution in [0.15, 0.2) is 48.5 Å². The molecule has 1 aliphatic heterocycles. The van der Waals surface area contributed by atoms with Crippen LogP contribution in [-0.4, -0.2) is 31.7 Å². The van der Waals surface area contributed by atoms with Crippen LogP contribution in [0.1, 0.15) is 29.5 Å². The molecule has 0 radical (unpaired) electrons. The van der Waals surface area contributed by atoms with Gasteiger partial charge >= 0.3 is 0 Å². The highest BCUT2D eigenvalue weighted by Gasteiger charge is 2.31. The molecule has 2 aromatic carbocycles. The molecule has 1 fully saturated rings. The number of sulfonamides is 1. The summed E-state index contributed by atoms with van der Waals surface area (Å²) in [5.74, 6) is -0.755. The van der Waals surface area contributed by atoms with E-state index in [2.05, 4.69) is 5.32 Å². The summed E-state index contributed by atoms with van der Waals surface area (Å²) in [6.45, 7) is 3.13. The summed E-state index contributed by atoms with van der Waals surface area (Å²) in [4.78, 5) is 12.4. The fourth-order valence-corrected chi connectivity index (χ4v) is 5.00. The Balaban J connectivity index is 1.50. The maximum atomic E-state index is 13.0. The molecule has 1 saturated heterocycles. The van der Waals surface area contributed by atoms with Gasteiger partial charge in [0.15, 0.2) is 0 Å². The Kier molecular flexibility index (Phi) is 6.46. The number of rotatable bonds is 6. The Morgan fingerprint density at radius 2 is 1.79 bits per heavy atom. The van der Waals surface area contributed by atoms with Crippen molar-refractivity contribution in [3.8, 4) is 0 Å². The lowest BCUT2D eigenvalue weighted by Crippen LogP contribution is -2.43. The highest BCUT2D eigenvalue weighted by Crippen LogP contribution is 2.22. The van der Waals surface area contributed by atoms with Crippen molar-refractivity contribution in [3.63, 3.8) is 0 Å². The summed E-state index contributed by atoms with van der Waals surface area (Å²) in [6.07, 6.45) is 1.00. The van der Waals surface area contributed by atoms with Gasteiger partial charge in [-0.1, -0.05) is 42.0 Å². The number of hydrogen-bond donors (Lipinski definition) is 1. The minimum atomic E-state index is -3.48. The third kappa shape index (κ3) is 5.39. The van der Waals surface area contributed by atoms with E-state index in [1.165, 1.54) is 28.6 Å². The average Bonchev–Trinajstić information content (AvgIpc) is 2.68. The molecule has 150 valence electrons. The van der Waals surface area contributed by atoms with Crippen molar-refractivity contribution in [1.29, 1.82) is 0 Å². The predicted molar refractivity (Wildman–Crippen MR) is 106 cm³/mol. The molecule has 1 heterocycles. The molecule has 0 atom stereocenters. The first-order valence-corrected chi connectivity index (χ1v) is 11.0. The minimum absolute atomic E-state index is 0.0305. The van der Waals surface area contributed by atoms with Crippen LogP contribution in [-0.2, 0) is 27.1 Å². The summed E-state index contributed by atoms with van der Waals surface area (Å²) >= 11 is 0. The summed E-state index contributed by atoms with van der Waals surface area (Å²) in [6, 6.07) is 13.5. The van der Waals surface area contributed by atoms with Crippen molar-refractivity contribution in [2.45, 2.75) is 32.1 Å². The number of halogens is 1. The van der Waals surface area contributed by atoms with Crippen LogP contribution in [0.5, 0.6) is 0 Å². The second-order valence-electron chi connectivity index (χ2n) is 7.26. The van der Waals surface area contributed by atoms with Gasteiger partial charge < -0.3 is 5.32 Å². The van der Waals surface area contributed by atoms with Gasteiger partial charge in [0.25, 0.3) is 0 Å². The number of piperidine rings is 1. The predicted octanol–water partition coefficient (Wildman–Crippen LogP) is 2.99. The molecule has 5 nitrogen and oxygen atoms in total. The molecule has 2 aromatic rings. The Morgan fingerprint density at radius 1 is 1.11 bits per heavy atom. The number of nitrogens with zero attached hydrogens (tertiary/aromatic N) is 1. The number of carbonyl (C=O) groups is 1. The van der Waals surface area contributed by atoms with Crippen LogP contribution >= 0.6 is 0 Å². The average molecular weight is 405 g/mol. The Bertz CT molecular complexity index is 921. The SMILES string of the molecule is Cc1cccc(CNC(=O)C2CCN(S(=O)(=O)Cc3ccc(F)cc3)CC2)c1. The van der Waals surface area contributed by atoms with Gasteiger partial charge in [-0.05, 0) is 43.0 Å². The van der Waals surface area contributed by atoms with Crippen molar-refractivity contribution in [2.24, 2.45) is 5.92 Å². The molecule has 0 bridgehead atoms. The van der Waals surface area contributed by atoms with E-state index in [4.69, 9.17) is 0 Å². The van der Waals surface area contributed by atoms with Crippen LogP contribution in [0.2, 0.25) is 0 Å². The van der Waals surface area contributed by atoms with Crippen molar-refractivity contribution in [3.05, 3.63) is 71.0 Å². The second kappa shape index (κ2) is 8.84. The number of benzene rings is 2. The largest absolute Gasteiger partial charge is 0.352 e. The van der Waals surface area contributed by atoms with Crippen molar-refractivity contribution >= 4 is 15.9 Å². The van der Waals surface area contributed by atoms with Gasteiger partial charge in [-0.15, -0.1) is 0 Å². The van der Waals surface area contributed by atoms with E-state index in [0.29, 0.717) is 38.0 Å². The lowest BCUT2D eigenvalue weighted by atomic mass is 9.97. The molecule has 0 aliphatic carbocycles. The van der Waals surface area contributed by atoms with E-state index in [0.717, 1.165) is 11.1 Å². The molecular formula is C21H25FN2O3S. The first-order chi connectivity index (χ1) is 13.3. The van der Waals surface area contributed by atoms with E-state index in [-0.39, 0.29) is 17.6 Å². The van der Waals surface area contributed by atoms with E-state index >= 15 is 0 Å². The smallest absolute Gasteiger partial charge is 0.223 e. The molecule has 7 heteroatoms. The van der Waals surface area contributed by atoms with E-state index in [1.54, 1.807) is 0 Å². The first-order valence-electron chi connectivity index (χ1n) is 9.39. The Labute approximate surface area is 165 Å². The topological polar surface area (TPSA) is 66.5 Å². The maximum Gasteiger partial charge on any atom is 0.223 e. The number of carbonyl (C=O) groups excluding carboxylic acids is 1. The number of nitrogens with one attached hydrogen (secondary N) is 1. The normalized spacial score (nSPS) is 16.1. The van der Waals surface area contributed by atoms with Crippen LogP contribution in [0.3, 0.4) is 0 Å². The summed E-state index contributed by atoms with van der Waals surface area (Å²) < 4.78 is 39.6. The zero-order chi connectivity index (χ0) is 20.1. The van der Waals surface area contributed by atoms with E-state index in [9.17, 15) is 17.6 Å². The van der Waals surface area contributed by atoms with Gasteiger partial charge in [-0.25, -0.2) is 17.1 Å². The number of aryl methyl sites for hydroxylation is 1.